The number of hydrogen-bond donors (Lipinski definition) is 0. The maximum absolute atomic E-state index is 14.7. The minimum Gasteiger partial charge on any atom is -0.496 e. The summed E-state index contributed by atoms with van der Waals surface area (Å²) >= 11 is 23.8. The SMILES string of the molecule is C#CC(=O)P(=O)(CC(C)CC(C)(C)C)C(=O)c1c(OC)cccc1OC.COc1cccc(OC)c1C(=O)P(=O)(CC(C)CC(C)(C)C)C(=O)c1c(OC)cccc1OC.COc1cccc(OC)c1C(=O)P(C)(=O)C(=O)c1c(OC)cccc1OC.CP(=O)(C(=O)c1c(Cl)cccc1Cl)C(=O)c1c(Cl)cccc1Cl.Cc1cc(C)c(C(=O)P(C)(=O)C(=O)c2c(C)cc(C)cc2C)c(C)c1.[HH].[HH]. The first kappa shape index (κ1) is 115. The van der Waals surface area contributed by atoms with Crippen molar-refractivity contribution in [2.75, 3.05) is 103 Å². The molecule has 0 heterocycles. The molecule has 0 saturated carbocycles. The topological polar surface area (TPSA) is 348 Å². The van der Waals surface area contributed by atoms with Crippen LogP contribution in [0.4, 0.5) is 0 Å². The van der Waals surface area contributed by atoms with Gasteiger partial charge in [-0.2, -0.15) is 0 Å². The fourth-order valence-corrected chi connectivity index (χ4v) is 26.7. The van der Waals surface area contributed by atoms with Gasteiger partial charge in [-0.3, -0.25) is 47.9 Å². The van der Waals surface area contributed by atoms with E-state index in [0.29, 0.717) is 24.0 Å². The molecule has 0 spiro atoms. The van der Waals surface area contributed by atoms with E-state index < -0.39 is 91.0 Å². The smallest absolute Gasteiger partial charge is 0.270 e. The number of carbonyl (C=O) groups is 10. The Balaban J connectivity index is 0.000000442. The highest BCUT2D eigenvalue weighted by atomic mass is 35.5. The molecule has 3 atom stereocenters. The highest BCUT2D eigenvalue weighted by Crippen LogP contribution is 2.61. The van der Waals surface area contributed by atoms with Crippen molar-refractivity contribution in [3.05, 3.63) is 255 Å². The monoisotopic (exact) mass is 2030 g/mol. The van der Waals surface area contributed by atoms with Gasteiger partial charge in [-0.15, -0.1) is 6.42 Å². The van der Waals surface area contributed by atoms with Gasteiger partial charge in [0.05, 0.1) is 102 Å². The standard InChI is InChI=1S/C26H35O7P.C21H25O3P.C20H27O5P.C19H21O7P.C15H9Cl4O3P.2H2/c1-17(15-26(2,3)4)16-34(29,24(27)22-18(30-5)11-9-12-19(22)31-6)25(28)23-20(32-7)13-10-14-21(23)33-8;1-12-8-14(3)18(15(4)9-12)20(22)25(7,24)21(23)19-16(5)10-13(2)11-17(19)6;1-8-17(21)26(23,13-14(2)12-20(3,4)5)19(22)18-15(24-6)10-9-11-16(18)25-7;1-23-12-8-6-9-13(24-2)16(12)18(20)27(5,22)19(21)17-14(25-3)10-7-11-15(17)26-4;1-23(22,14(20)12-8(16)4-2-5-9(12)17)15(21)13-10(18)6-3-7-11(13)19;;/h9-14,17H,15-16H2,1-8H3;8-11H,1-7H3;1,9-11,14H,12-13H2,2-7H3;6-11H,1-5H3;2-7H,1H3;2*1H. The predicted molar refractivity (Wildman–Crippen MR) is 541 cm³/mol. The molecule has 9 rings (SSSR count). The Morgan fingerprint density at radius 3 is 0.667 bits per heavy atom. The number of methoxy groups -OCH3 is 10. The fourth-order valence-electron chi connectivity index (χ4n) is 15.6. The lowest BCUT2D eigenvalue weighted by Crippen LogP contribution is -2.21. The lowest BCUT2D eigenvalue weighted by Gasteiger charge is -2.27. The molecular formula is C101H121Cl4O25P5. The van der Waals surface area contributed by atoms with E-state index >= 15 is 0 Å². The van der Waals surface area contributed by atoms with Crippen LogP contribution in [0.1, 0.15) is 198 Å². The average molecular weight is 2030 g/mol. The van der Waals surface area contributed by atoms with Gasteiger partial charge in [0.1, 0.15) is 85.3 Å². The molecule has 0 saturated heterocycles. The number of halogens is 4. The summed E-state index contributed by atoms with van der Waals surface area (Å²) in [5.41, 5.74) is -2.71. The molecule has 0 amide bonds. The van der Waals surface area contributed by atoms with Crippen LogP contribution in [-0.4, -0.2) is 159 Å². The molecule has 728 valence electrons. The summed E-state index contributed by atoms with van der Waals surface area (Å²) in [6, 6.07) is 40.1. The van der Waals surface area contributed by atoms with Gasteiger partial charge >= 0.3 is 0 Å². The third-order valence-corrected chi connectivity index (χ3v) is 34.1. The zero-order valence-electron chi connectivity index (χ0n) is 80.9. The third kappa shape index (κ3) is 27.5. The zero-order chi connectivity index (χ0) is 102. The normalized spacial score (nSPS) is 12.2. The minimum atomic E-state index is -4.25. The van der Waals surface area contributed by atoms with Gasteiger partial charge in [0.2, 0.25) is 85.4 Å². The van der Waals surface area contributed by atoms with E-state index in [1.165, 1.54) is 138 Å². The Kier molecular flexibility index (Phi) is 41.8. The molecule has 9 aromatic rings. The highest BCUT2D eigenvalue weighted by molar-refractivity contribution is 7.97. The van der Waals surface area contributed by atoms with Crippen LogP contribution < -0.4 is 47.4 Å². The van der Waals surface area contributed by atoms with E-state index in [2.05, 4.69) is 20.8 Å². The number of hydrogen-bond acceptors (Lipinski definition) is 25. The number of terminal acetylenes is 1. The van der Waals surface area contributed by atoms with Crippen molar-refractivity contribution in [1.82, 2.24) is 0 Å². The number of rotatable bonds is 35. The third-order valence-electron chi connectivity index (χ3n) is 21.2. The van der Waals surface area contributed by atoms with Crippen LogP contribution in [-0.2, 0) is 27.6 Å². The Labute approximate surface area is 813 Å². The molecular weight excluding hydrogens is 1910 g/mol. The minimum absolute atomic E-state index is 0. The van der Waals surface area contributed by atoms with E-state index in [-0.39, 0.29) is 154 Å². The van der Waals surface area contributed by atoms with E-state index in [1.807, 2.05) is 106 Å². The van der Waals surface area contributed by atoms with Gasteiger partial charge in [-0.05, 0) is 190 Å². The zero-order valence-corrected chi connectivity index (χ0v) is 88.4. The first-order valence-electron chi connectivity index (χ1n) is 41.8. The molecule has 25 nitrogen and oxygen atoms in total. The molecule has 0 aliphatic heterocycles. The van der Waals surface area contributed by atoms with Crippen molar-refractivity contribution >= 4 is 137 Å². The molecule has 34 heteroatoms. The lowest BCUT2D eigenvalue weighted by atomic mass is 9.86. The Morgan fingerprint density at radius 1 is 0.304 bits per heavy atom. The Morgan fingerprint density at radius 2 is 0.474 bits per heavy atom. The van der Waals surface area contributed by atoms with Crippen molar-refractivity contribution in [2.45, 2.75) is 110 Å². The van der Waals surface area contributed by atoms with Gasteiger partial charge in [0, 0.05) is 46.3 Å². The number of carbonyl (C=O) groups excluding carboxylic acids is 10. The maximum Gasteiger partial charge on any atom is 0.270 e. The summed E-state index contributed by atoms with van der Waals surface area (Å²) in [6.45, 7) is 30.7. The van der Waals surface area contributed by atoms with Gasteiger partial charge in [0.25, 0.3) is 5.52 Å². The predicted octanol–water partition coefficient (Wildman–Crippen LogP) is 26.5. The first-order chi connectivity index (χ1) is 62.9. The Hall–Kier alpha value is -10.5. The van der Waals surface area contributed by atoms with Gasteiger partial charge in [-0.1, -0.05) is 180 Å². The summed E-state index contributed by atoms with van der Waals surface area (Å²) in [7, 11) is -6.22. The summed E-state index contributed by atoms with van der Waals surface area (Å²) in [5, 5.41) is 0.0653. The molecule has 0 N–H and O–H groups in total. The quantitative estimate of drug-likeness (QED) is 0.0263. The Bertz CT molecular complexity index is 5870. The van der Waals surface area contributed by atoms with Crippen LogP contribution in [0.25, 0.3) is 0 Å². The summed E-state index contributed by atoms with van der Waals surface area (Å²) in [5.74, 6) is 3.41. The first-order valence-corrected chi connectivity index (χ1v) is 53.6. The lowest BCUT2D eigenvalue weighted by molar-refractivity contribution is -0.107. The number of aryl methyl sites for hydroxylation is 6. The molecule has 0 fully saturated rings. The van der Waals surface area contributed by atoms with Crippen LogP contribution in [0.5, 0.6) is 57.5 Å². The van der Waals surface area contributed by atoms with E-state index in [9.17, 15) is 70.8 Å². The van der Waals surface area contributed by atoms with Crippen molar-refractivity contribution in [1.29, 1.82) is 0 Å². The molecule has 0 aliphatic carbocycles. The molecule has 0 aromatic heterocycles. The molecule has 135 heavy (non-hydrogen) atoms. The summed E-state index contributed by atoms with van der Waals surface area (Å²) < 4.78 is 120. The van der Waals surface area contributed by atoms with Gasteiger partial charge in [0.15, 0.2) is 0 Å². The van der Waals surface area contributed by atoms with Crippen LogP contribution in [0.2, 0.25) is 20.1 Å². The molecule has 0 radical (unpaired) electrons. The van der Waals surface area contributed by atoms with Crippen molar-refractivity contribution in [2.24, 2.45) is 22.7 Å². The summed E-state index contributed by atoms with van der Waals surface area (Å²) in [4.78, 5) is 131. The molecule has 0 bridgehead atoms. The second-order valence-corrected chi connectivity index (χ2v) is 49.4. The fraction of sp³-hybridized carbons (Fsp3) is 0.347. The number of ether oxygens (including phenoxy) is 10. The van der Waals surface area contributed by atoms with Crippen LogP contribution in [0.3, 0.4) is 0 Å². The second-order valence-electron chi connectivity index (χ2n) is 34.5. The molecule has 0 aliphatic rings. The number of benzene rings is 9. The molecule has 3 unspecified atom stereocenters. The largest absolute Gasteiger partial charge is 0.496 e. The second kappa shape index (κ2) is 49.0. The highest BCUT2D eigenvalue weighted by Gasteiger charge is 2.49. The van der Waals surface area contributed by atoms with Crippen LogP contribution in [0.15, 0.2) is 152 Å². The van der Waals surface area contributed by atoms with E-state index in [0.717, 1.165) is 46.7 Å². The van der Waals surface area contributed by atoms with E-state index in [4.69, 9.17) is 100 Å². The van der Waals surface area contributed by atoms with Crippen molar-refractivity contribution in [3.8, 4) is 69.8 Å². The maximum atomic E-state index is 14.7. The van der Waals surface area contributed by atoms with Gasteiger partial charge in [-0.25, -0.2) is 0 Å². The van der Waals surface area contributed by atoms with E-state index in [1.54, 1.807) is 66.7 Å². The summed E-state index contributed by atoms with van der Waals surface area (Å²) in [6.07, 6.45) is 6.42. The van der Waals surface area contributed by atoms with Gasteiger partial charge < -0.3 is 70.2 Å². The average Bonchev–Trinajstić information content (AvgIpc) is 0.750. The van der Waals surface area contributed by atoms with Crippen LogP contribution in [0, 0.1) is 76.6 Å². The molecule has 9 aromatic carbocycles. The van der Waals surface area contributed by atoms with Crippen molar-refractivity contribution in [3.63, 3.8) is 0 Å². The van der Waals surface area contributed by atoms with Crippen LogP contribution >= 0.6 is 82.1 Å². The van der Waals surface area contributed by atoms with Crippen molar-refractivity contribution < 1.29 is 121 Å².